The average molecular weight is 245 g/mol. The summed E-state index contributed by atoms with van der Waals surface area (Å²) < 4.78 is 9.63. The Balaban J connectivity index is 2.90. The molecule has 1 heterocycles. The van der Waals surface area contributed by atoms with Crippen molar-refractivity contribution in [3.05, 3.63) is 0 Å². The van der Waals surface area contributed by atoms with E-state index >= 15 is 0 Å². The Kier molecular flexibility index (Phi) is 3.30. The fraction of sp³-hybridized carbons (Fsp3) is 0.700. The van der Waals surface area contributed by atoms with E-state index in [0.717, 1.165) is 0 Å². The lowest BCUT2D eigenvalue weighted by molar-refractivity contribution is -0.142. The summed E-state index contributed by atoms with van der Waals surface area (Å²) in [6.07, 6.45) is -2.91. The summed E-state index contributed by atoms with van der Waals surface area (Å²) in [5, 5.41) is 8.94. The molecule has 0 spiro atoms. The molecule has 0 aromatic carbocycles. The molecule has 7 heteroatoms. The molecule has 17 heavy (non-hydrogen) atoms. The van der Waals surface area contributed by atoms with Gasteiger partial charge in [0.1, 0.15) is 11.7 Å². The van der Waals surface area contributed by atoms with Gasteiger partial charge in [-0.25, -0.2) is 14.4 Å². The highest BCUT2D eigenvalue weighted by atomic mass is 16.6. The van der Waals surface area contributed by atoms with Crippen LogP contribution >= 0.6 is 0 Å². The van der Waals surface area contributed by atoms with Gasteiger partial charge in [-0.3, -0.25) is 0 Å². The van der Waals surface area contributed by atoms with E-state index in [1.165, 1.54) is 6.92 Å². The first-order valence-electron chi connectivity index (χ1n) is 5.09. The van der Waals surface area contributed by atoms with Crippen molar-refractivity contribution < 1.29 is 29.0 Å². The minimum Gasteiger partial charge on any atom is -0.480 e. The molecule has 1 aliphatic heterocycles. The van der Waals surface area contributed by atoms with E-state index in [1.807, 2.05) is 0 Å². The number of rotatable bonds is 1. The number of amides is 2. The third-order valence-corrected chi connectivity index (χ3v) is 2.05. The highest BCUT2D eigenvalue weighted by Gasteiger charge is 2.49. The standard InChI is InChI=1S/C10H15NO6/c1-5-6(7(12)13)11(8(14)16-5)9(15)17-10(2,3)4/h5-6H,1-4H3,(H,12,13)/t5-,6+/m1/s1. The van der Waals surface area contributed by atoms with E-state index in [2.05, 4.69) is 4.74 Å². The summed E-state index contributed by atoms with van der Waals surface area (Å²) >= 11 is 0. The van der Waals surface area contributed by atoms with Crippen LogP contribution in [0.15, 0.2) is 0 Å². The van der Waals surface area contributed by atoms with Crippen molar-refractivity contribution in [3.8, 4) is 0 Å². The number of carboxylic acid groups (broad SMARTS) is 1. The van der Waals surface area contributed by atoms with Gasteiger partial charge in [0.15, 0.2) is 6.04 Å². The van der Waals surface area contributed by atoms with Crippen molar-refractivity contribution in [2.45, 2.75) is 45.4 Å². The van der Waals surface area contributed by atoms with Crippen LogP contribution in [0.25, 0.3) is 0 Å². The number of ether oxygens (including phenoxy) is 2. The molecule has 0 bridgehead atoms. The summed E-state index contributed by atoms with van der Waals surface area (Å²) in [7, 11) is 0. The Morgan fingerprint density at radius 1 is 1.41 bits per heavy atom. The monoisotopic (exact) mass is 245 g/mol. The number of carboxylic acids is 1. The van der Waals surface area contributed by atoms with E-state index in [-0.39, 0.29) is 0 Å². The average Bonchev–Trinajstić information content (AvgIpc) is 2.37. The van der Waals surface area contributed by atoms with E-state index in [1.54, 1.807) is 20.8 Å². The molecule has 2 amide bonds. The lowest BCUT2D eigenvalue weighted by Crippen LogP contribution is -2.47. The van der Waals surface area contributed by atoms with Gasteiger partial charge in [0.05, 0.1) is 0 Å². The highest BCUT2D eigenvalue weighted by Crippen LogP contribution is 2.22. The summed E-state index contributed by atoms with van der Waals surface area (Å²) in [4.78, 5) is 34.5. The molecule has 2 atom stereocenters. The van der Waals surface area contributed by atoms with Crippen molar-refractivity contribution in [2.75, 3.05) is 0 Å². The highest BCUT2D eigenvalue weighted by molar-refractivity contribution is 5.96. The third-order valence-electron chi connectivity index (χ3n) is 2.05. The zero-order chi connectivity index (χ0) is 13.4. The van der Waals surface area contributed by atoms with Crippen LogP contribution in [-0.4, -0.2) is 45.9 Å². The van der Waals surface area contributed by atoms with Crippen LogP contribution in [-0.2, 0) is 14.3 Å². The van der Waals surface area contributed by atoms with Crippen LogP contribution in [0.2, 0.25) is 0 Å². The molecule has 7 nitrogen and oxygen atoms in total. The lowest BCUT2D eigenvalue weighted by Gasteiger charge is -2.24. The van der Waals surface area contributed by atoms with Crippen LogP contribution in [0.5, 0.6) is 0 Å². The molecule has 0 aromatic rings. The zero-order valence-corrected chi connectivity index (χ0v) is 10.1. The number of aliphatic carboxylic acids is 1. The Labute approximate surface area is 98.3 Å². The summed E-state index contributed by atoms with van der Waals surface area (Å²) in [5.41, 5.74) is -0.813. The van der Waals surface area contributed by atoms with E-state index in [9.17, 15) is 14.4 Å². The fourth-order valence-electron chi connectivity index (χ4n) is 1.41. The normalized spacial score (nSPS) is 24.5. The van der Waals surface area contributed by atoms with Gasteiger partial charge in [-0.05, 0) is 27.7 Å². The smallest absolute Gasteiger partial charge is 0.420 e. The third kappa shape index (κ3) is 2.86. The molecule has 0 saturated carbocycles. The quantitative estimate of drug-likeness (QED) is 0.746. The van der Waals surface area contributed by atoms with Crippen molar-refractivity contribution in [1.82, 2.24) is 4.90 Å². The van der Waals surface area contributed by atoms with Crippen LogP contribution in [0.1, 0.15) is 27.7 Å². The fourth-order valence-corrected chi connectivity index (χ4v) is 1.41. The predicted molar refractivity (Wildman–Crippen MR) is 55.4 cm³/mol. The zero-order valence-electron chi connectivity index (χ0n) is 10.1. The van der Waals surface area contributed by atoms with Crippen LogP contribution in [0.3, 0.4) is 0 Å². The molecule has 1 rings (SSSR count). The number of nitrogens with zero attached hydrogens (tertiary/aromatic N) is 1. The van der Waals surface area contributed by atoms with E-state index in [4.69, 9.17) is 9.84 Å². The van der Waals surface area contributed by atoms with Gasteiger partial charge in [-0.15, -0.1) is 0 Å². The molecular weight excluding hydrogens is 230 g/mol. The number of carbonyl (C=O) groups is 3. The molecule has 1 N–H and O–H groups in total. The van der Waals surface area contributed by atoms with Gasteiger partial charge in [0, 0.05) is 0 Å². The minimum atomic E-state index is -1.35. The van der Waals surface area contributed by atoms with Crippen LogP contribution < -0.4 is 0 Å². The largest absolute Gasteiger partial charge is 0.480 e. The molecule has 1 fully saturated rings. The predicted octanol–water partition coefficient (Wildman–Crippen LogP) is 1.22. The maximum absolute atomic E-state index is 11.7. The molecule has 1 saturated heterocycles. The van der Waals surface area contributed by atoms with Gasteiger partial charge >= 0.3 is 18.2 Å². The van der Waals surface area contributed by atoms with Crippen LogP contribution in [0.4, 0.5) is 9.59 Å². The maximum Gasteiger partial charge on any atom is 0.420 e. The van der Waals surface area contributed by atoms with Gasteiger partial charge in [0.2, 0.25) is 0 Å². The Morgan fingerprint density at radius 2 is 1.94 bits per heavy atom. The first kappa shape index (κ1) is 13.3. The van der Waals surface area contributed by atoms with Gasteiger partial charge in [-0.1, -0.05) is 0 Å². The van der Waals surface area contributed by atoms with Crippen LogP contribution in [0, 0.1) is 0 Å². The molecular formula is C10H15NO6. The van der Waals surface area contributed by atoms with Crippen molar-refractivity contribution in [1.29, 1.82) is 0 Å². The number of hydrogen-bond donors (Lipinski definition) is 1. The number of hydrogen-bond acceptors (Lipinski definition) is 5. The first-order valence-corrected chi connectivity index (χ1v) is 5.09. The molecule has 96 valence electrons. The van der Waals surface area contributed by atoms with Crippen molar-refractivity contribution >= 4 is 18.2 Å². The Hall–Kier alpha value is -1.79. The van der Waals surface area contributed by atoms with Gasteiger partial charge < -0.3 is 14.6 Å². The molecule has 1 aliphatic rings. The number of cyclic esters (lactones) is 1. The molecule has 0 aliphatic carbocycles. The topological polar surface area (TPSA) is 93.1 Å². The summed E-state index contributed by atoms with van der Waals surface area (Å²) in [6, 6.07) is -1.35. The summed E-state index contributed by atoms with van der Waals surface area (Å²) in [6.45, 7) is 6.25. The SMILES string of the molecule is C[C@H]1OC(=O)N(C(=O)OC(C)(C)C)[C@@H]1C(=O)O. The second kappa shape index (κ2) is 4.23. The second-order valence-corrected chi connectivity index (χ2v) is 4.72. The lowest BCUT2D eigenvalue weighted by atomic mass is 10.2. The van der Waals surface area contributed by atoms with E-state index in [0.29, 0.717) is 4.90 Å². The van der Waals surface area contributed by atoms with Gasteiger partial charge in [0.25, 0.3) is 0 Å². The van der Waals surface area contributed by atoms with E-state index < -0.39 is 35.9 Å². The molecule has 0 radical (unpaired) electrons. The first-order chi connectivity index (χ1) is 7.63. The van der Waals surface area contributed by atoms with Gasteiger partial charge in [-0.2, -0.15) is 4.90 Å². The summed E-state index contributed by atoms with van der Waals surface area (Å²) in [5.74, 6) is -1.31. The Morgan fingerprint density at radius 3 is 2.35 bits per heavy atom. The van der Waals surface area contributed by atoms with Crippen molar-refractivity contribution in [3.63, 3.8) is 0 Å². The van der Waals surface area contributed by atoms with Crippen molar-refractivity contribution in [2.24, 2.45) is 0 Å². The molecule has 0 unspecified atom stereocenters. The number of imide groups is 1. The molecule has 0 aromatic heterocycles. The second-order valence-electron chi connectivity index (χ2n) is 4.72. The number of carbonyl (C=O) groups excluding carboxylic acids is 2. The minimum absolute atomic E-state index is 0.484. The Bertz CT molecular complexity index is 358. The maximum atomic E-state index is 11.7.